The molecule has 0 unspecified atom stereocenters. The van der Waals surface area contributed by atoms with Crippen LogP contribution in [0.4, 0.5) is 0 Å². The van der Waals surface area contributed by atoms with E-state index in [-0.39, 0.29) is 17.9 Å². The average molecular weight is 249 g/mol. The Morgan fingerprint density at radius 1 is 1.29 bits per heavy atom. The number of rotatable bonds is 2. The van der Waals surface area contributed by atoms with Crippen LogP contribution in [0, 0.1) is 5.41 Å². The molecule has 0 atom stereocenters. The summed E-state index contributed by atoms with van der Waals surface area (Å²) < 4.78 is 2.47. The van der Waals surface area contributed by atoms with Gasteiger partial charge in [0.1, 0.15) is 0 Å². The summed E-state index contributed by atoms with van der Waals surface area (Å²) in [6.45, 7) is 5.77. The van der Waals surface area contributed by atoms with Gasteiger partial charge in [-0.1, -0.05) is 44.4 Å². The summed E-state index contributed by atoms with van der Waals surface area (Å²) in [6, 6.07) is 7.44. The number of benzene rings is 1. The largest absolute Gasteiger partial charge is 0.297 e. The van der Waals surface area contributed by atoms with Crippen LogP contribution in [0.15, 0.2) is 29.1 Å². The molecule has 0 aliphatic carbocycles. The first-order valence-corrected chi connectivity index (χ1v) is 6.29. The number of Topliss-reactive ketones (excluding diaryl/α,β-unsaturated/α-hetero) is 1. The zero-order valence-corrected chi connectivity index (χ0v) is 11.0. The van der Waals surface area contributed by atoms with Crippen molar-refractivity contribution in [2.75, 3.05) is 0 Å². The Hall–Kier alpha value is -1.42. The number of aromatic nitrogens is 1. The maximum absolute atomic E-state index is 12.0. The number of hydrogen-bond donors (Lipinski definition) is 0. The molecule has 1 heterocycles. The molecule has 1 aromatic heterocycles. The molecule has 0 aliphatic heterocycles. The van der Waals surface area contributed by atoms with Gasteiger partial charge in [-0.3, -0.25) is 13.5 Å². The first-order valence-electron chi connectivity index (χ1n) is 5.52. The maximum atomic E-state index is 12.0. The fraction of sp³-hybridized carbons (Fsp3) is 0.385. The quantitative estimate of drug-likeness (QED) is 0.820. The first kappa shape index (κ1) is 12.0. The predicted octanol–water partition coefficient (Wildman–Crippen LogP) is 2.68. The number of carbonyl (C=O) groups excluding carboxylic acids is 1. The SMILES string of the molecule is CC(C)(C)C(=O)Cn1sc2ccccc2c1=O. The molecule has 0 saturated carbocycles. The molecule has 0 radical (unpaired) electrons. The van der Waals surface area contributed by atoms with Gasteiger partial charge in [0.2, 0.25) is 0 Å². The van der Waals surface area contributed by atoms with Crippen LogP contribution >= 0.6 is 11.5 Å². The van der Waals surface area contributed by atoms with Crippen molar-refractivity contribution in [3.8, 4) is 0 Å². The van der Waals surface area contributed by atoms with Crippen molar-refractivity contribution >= 4 is 27.4 Å². The van der Waals surface area contributed by atoms with Gasteiger partial charge in [0.25, 0.3) is 5.56 Å². The minimum absolute atomic E-state index is 0.0665. The van der Waals surface area contributed by atoms with Crippen LogP contribution < -0.4 is 5.56 Å². The van der Waals surface area contributed by atoms with Gasteiger partial charge in [-0.15, -0.1) is 0 Å². The molecule has 17 heavy (non-hydrogen) atoms. The molecular formula is C13H15NO2S. The molecule has 2 rings (SSSR count). The standard InChI is InChI=1S/C13H15NO2S/c1-13(2,3)11(15)8-14-12(16)9-6-4-5-7-10(9)17-14/h4-7H,8H2,1-3H3. The van der Waals surface area contributed by atoms with Gasteiger partial charge in [-0.25, -0.2) is 0 Å². The van der Waals surface area contributed by atoms with Gasteiger partial charge in [0, 0.05) is 5.41 Å². The highest BCUT2D eigenvalue weighted by Gasteiger charge is 2.22. The molecular weight excluding hydrogens is 234 g/mol. The van der Waals surface area contributed by atoms with Gasteiger partial charge >= 0.3 is 0 Å². The Labute approximate surface area is 104 Å². The van der Waals surface area contributed by atoms with Crippen molar-refractivity contribution in [3.63, 3.8) is 0 Å². The molecule has 0 amide bonds. The third-order valence-electron chi connectivity index (χ3n) is 2.68. The Morgan fingerprint density at radius 2 is 1.94 bits per heavy atom. The summed E-state index contributed by atoms with van der Waals surface area (Å²) >= 11 is 1.35. The van der Waals surface area contributed by atoms with Crippen LogP contribution in [0.1, 0.15) is 20.8 Å². The highest BCUT2D eigenvalue weighted by Crippen LogP contribution is 2.19. The van der Waals surface area contributed by atoms with Gasteiger partial charge in [0.15, 0.2) is 5.78 Å². The van der Waals surface area contributed by atoms with Gasteiger partial charge < -0.3 is 0 Å². The molecule has 0 bridgehead atoms. The lowest BCUT2D eigenvalue weighted by atomic mass is 9.91. The highest BCUT2D eigenvalue weighted by molar-refractivity contribution is 7.13. The van der Waals surface area contributed by atoms with Gasteiger partial charge in [-0.2, -0.15) is 0 Å². The van der Waals surface area contributed by atoms with Crippen molar-refractivity contribution < 1.29 is 4.79 Å². The van der Waals surface area contributed by atoms with E-state index in [2.05, 4.69) is 0 Å². The minimum atomic E-state index is -0.407. The molecule has 2 aromatic rings. The van der Waals surface area contributed by atoms with E-state index in [1.807, 2.05) is 39.0 Å². The fourth-order valence-electron chi connectivity index (χ4n) is 1.49. The van der Waals surface area contributed by atoms with Gasteiger partial charge in [-0.05, 0) is 12.1 Å². The van der Waals surface area contributed by atoms with Crippen LogP contribution in [0.5, 0.6) is 0 Å². The van der Waals surface area contributed by atoms with E-state index < -0.39 is 5.41 Å². The van der Waals surface area contributed by atoms with Crippen molar-refractivity contribution in [2.45, 2.75) is 27.3 Å². The first-order chi connectivity index (χ1) is 7.89. The molecule has 3 nitrogen and oxygen atoms in total. The van der Waals surface area contributed by atoms with E-state index in [0.29, 0.717) is 5.39 Å². The Balaban J connectivity index is 2.41. The zero-order chi connectivity index (χ0) is 12.6. The molecule has 0 aliphatic rings. The molecule has 1 aromatic carbocycles. The third-order valence-corrected chi connectivity index (χ3v) is 3.74. The smallest absolute Gasteiger partial charge is 0.268 e. The molecule has 0 N–H and O–H groups in total. The lowest BCUT2D eigenvalue weighted by Crippen LogP contribution is -2.28. The lowest BCUT2D eigenvalue weighted by Gasteiger charge is -2.15. The van der Waals surface area contributed by atoms with Crippen LogP contribution in [-0.4, -0.2) is 9.74 Å². The van der Waals surface area contributed by atoms with E-state index in [9.17, 15) is 9.59 Å². The van der Waals surface area contributed by atoms with Crippen molar-refractivity contribution in [3.05, 3.63) is 34.6 Å². The van der Waals surface area contributed by atoms with E-state index >= 15 is 0 Å². The molecule has 0 spiro atoms. The topological polar surface area (TPSA) is 39.1 Å². The predicted molar refractivity (Wildman–Crippen MR) is 70.5 cm³/mol. The average Bonchev–Trinajstić information content (AvgIpc) is 2.55. The molecule has 90 valence electrons. The Kier molecular flexibility index (Phi) is 2.91. The van der Waals surface area contributed by atoms with Gasteiger partial charge in [0.05, 0.1) is 16.6 Å². The number of ketones is 1. The van der Waals surface area contributed by atoms with E-state index in [4.69, 9.17) is 0 Å². The Bertz CT molecular complexity index is 616. The van der Waals surface area contributed by atoms with Crippen molar-refractivity contribution in [1.29, 1.82) is 0 Å². The Morgan fingerprint density at radius 3 is 2.53 bits per heavy atom. The van der Waals surface area contributed by atoms with Crippen LogP contribution in [0.25, 0.3) is 10.1 Å². The number of fused-ring (bicyclic) bond motifs is 1. The van der Waals surface area contributed by atoms with E-state index in [1.54, 1.807) is 6.07 Å². The van der Waals surface area contributed by atoms with Crippen LogP contribution in [0.3, 0.4) is 0 Å². The second-order valence-corrected chi connectivity index (χ2v) is 6.17. The summed E-state index contributed by atoms with van der Waals surface area (Å²) in [5, 5.41) is 0.694. The number of hydrogen-bond acceptors (Lipinski definition) is 3. The molecule has 4 heteroatoms. The monoisotopic (exact) mass is 249 g/mol. The van der Waals surface area contributed by atoms with Crippen LogP contribution in [0.2, 0.25) is 0 Å². The number of carbonyl (C=O) groups is 1. The lowest BCUT2D eigenvalue weighted by molar-refractivity contribution is -0.126. The van der Waals surface area contributed by atoms with E-state index in [0.717, 1.165) is 4.70 Å². The zero-order valence-electron chi connectivity index (χ0n) is 10.2. The summed E-state index contributed by atoms with van der Waals surface area (Å²) in [5.74, 6) is 0.0751. The van der Waals surface area contributed by atoms with Crippen molar-refractivity contribution in [1.82, 2.24) is 3.96 Å². The van der Waals surface area contributed by atoms with Crippen molar-refractivity contribution in [2.24, 2.45) is 5.41 Å². The van der Waals surface area contributed by atoms with E-state index in [1.165, 1.54) is 15.5 Å². The maximum Gasteiger partial charge on any atom is 0.268 e. The number of nitrogens with zero attached hydrogens (tertiary/aromatic N) is 1. The summed E-state index contributed by atoms with van der Waals surface area (Å²) in [5.41, 5.74) is -0.474. The highest BCUT2D eigenvalue weighted by atomic mass is 32.1. The summed E-state index contributed by atoms with van der Waals surface area (Å²) in [7, 11) is 0. The second-order valence-electron chi connectivity index (χ2n) is 5.10. The van der Waals surface area contributed by atoms with Crippen LogP contribution in [-0.2, 0) is 11.3 Å². The normalized spacial score (nSPS) is 11.9. The fourth-order valence-corrected chi connectivity index (χ4v) is 2.48. The second kappa shape index (κ2) is 4.11. The molecule has 0 fully saturated rings. The minimum Gasteiger partial charge on any atom is -0.297 e. The molecule has 0 saturated heterocycles. The third kappa shape index (κ3) is 2.31. The summed E-state index contributed by atoms with van der Waals surface area (Å²) in [4.78, 5) is 23.9. The summed E-state index contributed by atoms with van der Waals surface area (Å²) in [6.07, 6.45) is 0.